The lowest BCUT2D eigenvalue weighted by molar-refractivity contribution is -0.141. The Morgan fingerprint density at radius 2 is 1.89 bits per heavy atom. The Morgan fingerprint density at radius 1 is 1.22 bits per heavy atom. The average Bonchev–Trinajstić information content (AvgIpc) is 2.65. The minimum atomic E-state index is -0.0318. The highest BCUT2D eigenvalue weighted by Gasteiger charge is 2.45. The number of piperidine rings is 2. The largest absolute Gasteiger partial charge is 0.353 e. The van der Waals surface area contributed by atoms with Gasteiger partial charge in [-0.25, -0.2) is 0 Å². The average molecular weight is 372 g/mol. The van der Waals surface area contributed by atoms with Crippen LogP contribution in [0.5, 0.6) is 0 Å². The van der Waals surface area contributed by atoms with Crippen molar-refractivity contribution in [2.75, 3.05) is 32.7 Å². The predicted octanol–water partition coefficient (Wildman–Crippen LogP) is 2.63. The van der Waals surface area contributed by atoms with Gasteiger partial charge in [-0.15, -0.1) is 0 Å². The summed E-state index contributed by atoms with van der Waals surface area (Å²) in [4.78, 5) is 29.3. The predicted molar refractivity (Wildman–Crippen MR) is 107 cm³/mol. The van der Waals surface area contributed by atoms with Gasteiger partial charge in [0.05, 0.1) is 12.5 Å². The molecule has 0 radical (unpaired) electrons. The summed E-state index contributed by atoms with van der Waals surface area (Å²) in [7, 11) is 0. The van der Waals surface area contributed by atoms with Crippen LogP contribution >= 0.6 is 0 Å². The van der Waals surface area contributed by atoms with Gasteiger partial charge in [0.25, 0.3) is 0 Å². The minimum Gasteiger partial charge on any atom is -0.353 e. The molecular formula is C22H33N3O2. The van der Waals surface area contributed by atoms with E-state index in [4.69, 9.17) is 0 Å². The fourth-order valence-corrected chi connectivity index (χ4v) is 4.62. The van der Waals surface area contributed by atoms with Gasteiger partial charge < -0.3 is 10.2 Å². The number of likely N-dealkylation sites (N-methyl/N-ethyl adjacent to an activating group) is 1. The van der Waals surface area contributed by atoms with E-state index in [1.807, 2.05) is 36.9 Å². The van der Waals surface area contributed by atoms with Crippen molar-refractivity contribution in [3.05, 3.63) is 35.9 Å². The molecule has 0 saturated carbocycles. The SMILES string of the molecule is CCN1CC2(CCN(CC(=O)NC(C)C)CC2)CC(c2ccccc2)C1=O. The Labute approximate surface area is 163 Å². The van der Waals surface area contributed by atoms with Crippen LogP contribution in [0, 0.1) is 5.41 Å². The van der Waals surface area contributed by atoms with Crippen molar-refractivity contribution in [1.29, 1.82) is 0 Å². The van der Waals surface area contributed by atoms with Crippen LogP contribution in [-0.4, -0.2) is 60.4 Å². The molecule has 2 fully saturated rings. The summed E-state index contributed by atoms with van der Waals surface area (Å²) in [6, 6.07) is 10.4. The zero-order chi connectivity index (χ0) is 19.4. The molecule has 27 heavy (non-hydrogen) atoms. The first kappa shape index (κ1) is 19.9. The molecule has 1 aromatic carbocycles. The molecule has 1 N–H and O–H groups in total. The summed E-state index contributed by atoms with van der Waals surface area (Å²) in [5.41, 5.74) is 1.31. The summed E-state index contributed by atoms with van der Waals surface area (Å²) in [6.07, 6.45) is 3.03. The number of nitrogens with zero attached hydrogens (tertiary/aromatic N) is 2. The zero-order valence-electron chi connectivity index (χ0n) is 16.9. The highest BCUT2D eigenvalue weighted by Crippen LogP contribution is 2.45. The second-order valence-corrected chi connectivity index (χ2v) is 8.52. The number of carbonyl (C=O) groups excluding carboxylic acids is 2. The van der Waals surface area contributed by atoms with Crippen LogP contribution in [0.3, 0.4) is 0 Å². The third-order valence-electron chi connectivity index (χ3n) is 6.09. The van der Waals surface area contributed by atoms with Crippen LogP contribution in [0.2, 0.25) is 0 Å². The van der Waals surface area contributed by atoms with Gasteiger partial charge in [0, 0.05) is 19.1 Å². The van der Waals surface area contributed by atoms with Gasteiger partial charge in [-0.05, 0) is 64.1 Å². The number of hydrogen-bond donors (Lipinski definition) is 1. The summed E-state index contributed by atoms with van der Waals surface area (Å²) in [5.74, 6) is 0.348. The van der Waals surface area contributed by atoms with Crippen LogP contribution in [0.1, 0.15) is 51.5 Å². The van der Waals surface area contributed by atoms with Crippen molar-refractivity contribution in [3.8, 4) is 0 Å². The van der Waals surface area contributed by atoms with Gasteiger partial charge in [-0.1, -0.05) is 30.3 Å². The Bertz CT molecular complexity index is 651. The van der Waals surface area contributed by atoms with Crippen LogP contribution < -0.4 is 5.32 Å². The Morgan fingerprint density at radius 3 is 2.48 bits per heavy atom. The molecule has 1 aromatic rings. The molecule has 2 aliphatic heterocycles. The first-order valence-electron chi connectivity index (χ1n) is 10.3. The van der Waals surface area contributed by atoms with Crippen molar-refractivity contribution < 1.29 is 9.59 Å². The molecule has 1 spiro atoms. The van der Waals surface area contributed by atoms with E-state index in [1.165, 1.54) is 0 Å². The van der Waals surface area contributed by atoms with Crippen molar-refractivity contribution in [1.82, 2.24) is 15.1 Å². The van der Waals surface area contributed by atoms with E-state index in [1.54, 1.807) is 0 Å². The maximum atomic E-state index is 13.0. The van der Waals surface area contributed by atoms with E-state index >= 15 is 0 Å². The standard InChI is InChI=1S/C22H33N3O2/c1-4-25-16-22(14-19(21(25)27)18-8-6-5-7-9-18)10-12-24(13-11-22)15-20(26)23-17(2)3/h5-9,17,19H,4,10-16H2,1-3H3,(H,23,26). The molecule has 2 amide bonds. The monoisotopic (exact) mass is 371 g/mol. The van der Waals surface area contributed by atoms with Gasteiger partial charge in [-0.2, -0.15) is 0 Å². The molecule has 1 atom stereocenters. The van der Waals surface area contributed by atoms with Gasteiger partial charge in [0.15, 0.2) is 0 Å². The van der Waals surface area contributed by atoms with Gasteiger partial charge in [0.2, 0.25) is 11.8 Å². The van der Waals surface area contributed by atoms with E-state index in [9.17, 15) is 9.59 Å². The molecule has 0 aliphatic carbocycles. The highest BCUT2D eigenvalue weighted by molar-refractivity contribution is 5.84. The lowest BCUT2D eigenvalue weighted by Gasteiger charge is -2.49. The van der Waals surface area contributed by atoms with E-state index in [0.29, 0.717) is 6.54 Å². The Hall–Kier alpha value is -1.88. The van der Waals surface area contributed by atoms with E-state index in [0.717, 1.165) is 51.0 Å². The molecule has 1 unspecified atom stereocenters. The molecule has 148 valence electrons. The first-order chi connectivity index (χ1) is 12.9. The second kappa shape index (κ2) is 8.42. The highest BCUT2D eigenvalue weighted by atomic mass is 16.2. The lowest BCUT2D eigenvalue weighted by atomic mass is 9.67. The number of hydrogen-bond acceptors (Lipinski definition) is 3. The summed E-state index contributed by atoms with van der Waals surface area (Å²) in [6.45, 7) is 10.0. The van der Waals surface area contributed by atoms with E-state index in [2.05, 4.69) is 29.3 Å². The van der Waals surface area contributed by atoms with Crippen LogP contribution in [-0.2, 0) is 9.59 Å². The van der Waals surface area contributed by atoms with Crippen LogP contribution in [0.25, 0.3) is 0 Å². The normalized spacial score (nSPS) is 23.0. The molecule has 2 aliphatic rings. The topological polar surface area (TPSA) is 52.6 Å². The molecule has 0 bridgehead atoms. The number of benzene rings is 1. The third-order valence-corrected chi connectivity index (χ3v) is 6.09. The van der Waals surface area contributed by atoms with E-state index < -0.39 is 0 Å². The molecule has 3 rings (SSSR count). The summed E-state index contributed by atoms with van der Waals surface area (Å²) in [5, 5.41) is 2.98. The maximum Gasteiger partial charge on any atom is 0.234 e. The second-order valence-electron chi connectivity index (χ2n) is 8.52. The fourth-order valence-electron chi connectivity index (χ4n) is 4.62. The van der Waals surface area contributed by atoms with Crippen molar-refractivity contribution >= 4 is 11.8 Å². The van der Waals surface area contributed by atoms with Gasteiger partial charge in [-0.3, -0.25) is 14.5 Å². The number of carbonyl (C=O) groups is 2. The van der Waals surface area contributed by atoms with Gasteiger partial charge in [0.1, 0.15) is 0 Å². The molecule has 2 heterocycles. The molecule has 5 nitrogen and oxygen atoms in total. The molecule has 2 saturated heterocycles. The van der Waals surface area contributed by atoms with E-state index in [-0.39, 0.29) is 29.2 Å². The maximum absolute atomic E-state index is 13.0. The van der Waals surface area contributed by atoms with Crippen molar-refractivity contribution in [3.63, 3.8) is 0 Å². The molecule has 5 heteroatoms. The number of rotatable bonds is 5. The third kappa shape index (κ3) is 4.70. The molecular weight excluding hydrogens is 338 g/mol. The van der Waals surface area contributed by atoms with Crippen LogP contribution in [0.4, 0.5) is 0 Å². The number of likely N-dealkylation sites (tertiary alicyclic amines) is 2. The Kier molecular flexibility index (Phi) is 6.20. The Balaban J connectivity index is 1.67. The van der Waals surface area contributed by atoms with Gasteiger partial charge >= 0.3 is 0 Å². The smallest absolute Gasteiger partial charge is 0.234 e. The summed E-state index contributed by atoms with van der Waals surface area (Å²) < 4.78 is 0. The minimum absolute atomic E-state index is 0.0318. The molecule has 0 aromatic heterocycles. The quantitative estimate of drug-likeness (QED) is 0.866. The van der Waals surface area contributed by atoms with Crippen LogP contribution in [0.15, 0.2) is 30.3 Å². The fraction of sp³-hybridized carbons (Fsp3) is 0.636. The van der Waals surface area contributed by atoms with Crippen molar-refractivity contribution in [2.45, 2.75) is 52.0 Å². The lowest BCUT2D eigenvalue weighted by Crippen LogP contribution is -2.54. The van der Waals surface area contributed by atoms with Crippen molar-refractivity contribution in [2.24, 2.45) is 5.41 Å². The number of nitrogens with one attached hydrogen (secondary N) is 1. The summed E-state index contributed by atoms with van der Waals surface area (Å²) >= 11 is 0. The zero-order valence-corrected chi connectivity index (χ0v) is 16.9. The number of amides is 2. The first-order valence-corrected chi connectivity index (χ1v) is 10.3.